The van der Waals surface area contributed by atoms with E-state index in [-0.39, 0.29) is 5.91 Å². The minimum Gasteiger partial charge on any atom is -0.370 e. The van der Waals surface area contributed by atoms with Gasteiger partial charge in [-0.3, -0.25) is 9.79 Å². The average Bonchev–Trinajstić information content (AvgIpc) is 2.65. The second-order valence-corrected chi connectivity index (χ2v) is 4.93. The van der Waals surface area contributed by atoms with Gasteiger partial charge < -0.3 is 11.1 Å². The number of primary amides is 1. The van der Waals surface area contributed by atoms with Crippen molar-refractivity contribution in [3.63, 3.8) is 0 Å². The lowest BCUT2D eigenvalue weighted by Gasteiger charge is -2.06. The van der Waals surface area contributed by atoms with Crippen molar-refractivity contribution in [1.29, 1.82) is 0 Å². The standard InChI is InChI=1S/C10H19N3OS/c1-2-8-7-13-10(15-8)12-6-4-3-5-9(11)14/h8H,2-7H2,1H3,(H2,11,14)(H,12,13). The largest absolute Gasteiger partial charge is 0.370 e. The summed E-state index contributed by atoms with van der Waals surface area (Å²) in [7, 11) is 0. The van der Waals surface area contributed by atoms with Crippen molar-refractivity contribution in [2.24, 2.45) is 10.7 Å². The molecule has 0 radical (unpaired) electrons. The van der Waals surface area contributed by atoms with Crippen LogP contribution in [0.25, 0.3) is 0 Å². The van der Waals surface area contributed by atoms with Crippen molar-refractivity contribution in [2.45, 2.75) is 37.9 Å². The third kappa shape index (κ3) is 5.06. The first-order valence-corrected chi connectivity index (χ1v) is 6.33. The molecule has 3 N–H and O–H groups in total. The Morgan fingerprint density at radius 2 is 2.47 bits per heavy atom. The highest BCUT2D eigenvalue weighted by Gasteiger charge is 2.16. The highest BCUT2D eigenvalue weighted by molar-refractivity contribution is 8.14. The Hall–Kier alpha value is -0.710. The SMILES string of the molecule is CCC1CN=C(NCCCCC(N)=O)S1. The summed E-state index contributed by atoms with van der Waals surface area (Å²) in [6.45, 7) is 4.00. The van der Waals surface area contributed by atoms with Gasteiger partial charge in [0.15, 0.2) is 5.17 Å². The fraction of sp³-hybridized carbons (Fsp3) is 0.800. The molecule has 0 saturated carbocycles. The van der Waals surface area contributed by atoms with Gasteiger partial charge in [0.25, 0.3) is 0 Å². The number of carbonyl (C=O) groups excluding carboxylic acids is 1. The predicted molar refractivity (Wildman–Crippen MR) is 65.0 cm³/mol. The van der Waals surface area contributed by atoms with Crippen LogP contribution in [0.2, 0.25) is 0 Å². The molecule has 1 atom stereocenters. The Kier molecular flexibility index (Phi) is 5.53. The number of amidine groups is 1. The molecule has 0 saturated heterocycles. The van der Waals surface area contributed by atoms with E-state index in [9.17, 15) is 4.79 Å². The molecule has 1 aliphatic rings. The fourth-order valence-corrected chi connectivity index (χ4v) is 2.31. The van der Waals surface area contributed by atoms with Gasteiger partial charge in [0.1, 0.15) is 0 Å². The molecule has 1 amide bonds. The molecular weight excluding hydrogens is 210 g/mol. The lowest BCUT2D eigenvalue weighted by Crippen LogP contribution is -2.21. The third-order valence-corrected chi connectivity index (χ3v) is 3.61. The first kappa shape index (κ1) is 12.4. The first-order chi connectivity index (χ1) is 7.22. The summed E-state index contributed by atoms with van der Waals surface area (Å²) < 4.78 is 0. The number of rotatable bonds is 6. The molecule has 0 aromatic rings. The molecule has 15 heavy (non-hydrogen) atoms. The van der Waals surface area contributed by atoms with Crippen LogP contribution < -0.4 is 11.1 Å². The third-order valence-electron chi connectivity index (χ3n) is 2.30. The maximum Gasteiger partial charge on any atom is 0.217 e. The van der Waals surface area contributed by atoms with Crippen LogP contribution in [0, 0.1) is 0 Å². The fourth-order valence-electron chi connectivity index (χ4n) is 1.35. The minimum atomic E-state index is -0.214. The van der Waals surface area contributed by atoms with Gasteiger partial charge in [-0.1, -0.05) is 18.7 Å². The zero-order valence-electron chi connectivity index (χ0n) is 9.16. The van der Waals surface area contributed by atoms with Gasteiger partial charge in [-0.05, 0) is 19.3 Å². The Morgan fingerprint density at radius 1 is 1.67 bits per heavy atom. The Balaban J connectivity index is 1.99. The molecule has 0 bridgehead atoms. The number of nitrogens with one attached hydrogen (secondary N) is 1. The van der Waals surface area contributed by atoms with Gasteiger partial charge >= 0.3 is 0 Å². The molecule has 1 aliphatic heterocycles. The van der Waals surface area contributed by atoms with Gasteiger partial charge in [0.2, 0.25) is 5.91 Å². The molecule has 0 aromatic heterocycles. The van der Waals surface area contributed by atoms with E-state index in [2.05, 4.69) is 17.2 Å². The van der Waals surface area contributed by atoms with Crippen LogP contribution in [0.15, 0.2) is 4.99 Å². The molecule has 0 spiro atoms. The summed E-state index contributed by atoms with van der Waals surface area (Å²) in [4.78, 5) is 14.9. The van der Waals surface area contributed by atoms with E-state index in [1.54, 1.807) is 0 Å². The van der Waals surface area contributed by atoms with Crippen LogP contribution in [-0.4, -0.2) is 29.4 Å². The van der Waals surface area contributed by atoms with Gasteiger partial charge in [-0.15, -0.1) is 0 Å². The molecular formula is C10H19N3OS. The molecule has 1 unspecified atom stereocenters. The summed E-state index contributed by atoms with van der Waals surface area (Å²) in [5.74, 6) is -0.214. The van der Waals surface area contributed by atoms with Gasteiger partial charge in [0, 0.05) is 18.2 Å². The van der Waals surface area contributed by atoms with Crippen LogP contribution in [0.1, 0.15) is 32.6 Å². The van der Waals surface area contributed by atoms with E-state index in [0.29, 0.717) is 11.7 Å². The lowest BCUT2D eigenvalue weighted by molar-refractivity contribution is -0.118. The molecule has 5 heteroatoms. The number of carbonyl (C=O) groups is 1. The van der Waals surface area contributed by atoms with E-state index in [1.807, 2.05) is 11.8 Å². The van der Waals surface area contributed by atoms with Gasteiger partial charge in [0.05, 0.1) is 6.54 Å². The molecule has 1 rings (SSSR count). The van der Waals surface area contributed by atoms with Crippen molar-refractivity contribution in [3.05, 3.63) is 0 Å². The Labute approximate surface area is 95.1 Å². The smallest absolute Gasteiger partial charge is 0.217 e. The van der Waals surface area contributed by atoms with Crippen LogP contribution in [0.4, 0.5) is 0 Å². The Bertz CT molecular complexity index is 243. The number of hydrogen-bond acceptors (Lipinski definition) is 4. The normalized spacial score (nSPS) is 20.1. The second kappa shape index (κ2) is 6.71. The molecule has 1 heterocycles. The monoisotopic (exact) mass is 229 g/mol. The van der Waals surface area contributed by atoms with Crippen molar-refractivity contribution in [1.82, 2.24) is 5.32 Å². The highest BCUT2D eigenvalue weighted by Crippen LogP contribution is 2.21. The summed E-state index contributed by atoms with van der Waals surface area (Å²) >= 11 is 1.82. The summed E-state index contributed by atoms with van der Waals surface area (Å²) in [5.41, 5.74) is 5.05. The average molecular weight is 229 g/mol. The molecule has 0 aromatic carbocycles. The van der Waals surface area contributed by atoms with Crippen molar-refractivity contribution in [2.75, 3.05) is 13.1 Å². The van der Waals surface area contributed by atoms with E-state index in [1.165, 1.54) is 6.42 Å². The molecule has 0 fully saturated rings. The van der Waals surface area contributed by atoms with E-state index < -0.39 is 0 Å². The summed E-state index contributed by atoms with van der Waals surface area (Å²) in [6.07, 6.45) is 3.48. The zero-order chi connectivity index (χ0) is 11.1. The number of nitrogens with two attached hydrogens (primary N) is 1. The molecule has 86 valence electrons. The van der Waals surface area contributed by atoms with Crippen LogP contribution in [0.3, 0.4) is 0 Å². The first-order valence-electron chi connectivity index (χ1n) is 5.45. The summed E-state index contributed by atoms with van der Waals surface area (Å²) in [5, 5.41) is 4.99. The maximum atomic E-state index is 10.5. The number of aliphatic imine (C=N–C) groups is 1. The quantitative estimate of drug-likeness (QED) is 0.671. The van der Waals surface area contributed by atoms with Gasteiger partial charge in [-0.25, -0.2) is 0 Å². The summed E-state index contributed by atoms with van der Waals surface area (Å²) in [6, 6.07) is 0. The van der Waals surface area contributed by atoms with Gasteiger partial charge in [-0.2, -0.15) is 0 Å². The van der Waals surface area contributed by atoms with Crippen molar-refractivity contribution >= 4 is 22.8 Å². The number of hydrogen-bond donors (Lipinski definition) is 2. The topological polar surface area (TPSA) is 67.5 Å². The van der Waals surface area contributed by atoms with Crippen LogP contribution in [0.5, 0.6) is 0 Å². The number of nitrogens with zero attached hydrogens (tertiary/aromatic N) is 1. The number of thioether (sulfide) groups is 1. The molecule has 0 aliphatic carbocycles. The van der Waals surface area contributed by atoms with Crippen LogP contribution in [-0.2, 0) is 4.79 Å². The van der Waals surface area contributed by atoms with E-state index >= 15 is 0 Å². The van der Waals surface area contributed by atoms with E-state index in [4.69, 9.17) is 5.73 Å². The van der Waals surface area contributed by atoms with Crippen molar-refractivity contribution < 1.29 is 4.79 Å². The highest BCUT2D eigenvalue weighted by atomic mass is 32.2. The van der Waals surface area contributed by atoms with Crippen LogP contribution >= 0.6 is 11.8 Å². The lowest BCUT2D eigenvalue weighted by atomic mass is 10.2. The number of amides is 1. The Morgan fingerprint density at radius 3 is 3.07 bits per heavy atom. The molecule has 4 nitrogen and oxygen atoms in total. The predicted octanol–water partition coefficient (Wildman–Crippen LogP) is 1.11. The van der Waals surface area contributed by atoms with E-state index in [0.717, 1.165) is 31.1 Å². The van der Waals surface area contributed by atoms with Crippen molar-refractivity contribution in [3.8, 4) is 0 Å². The minimum absolute atomic E-state index is 0.214. The number of unbranched alkanes of at least 4 members (excludes halogenated alkanes) is 1. The maximum absolute atomic E-state index is 10.5. The second-order valence-electron chi connectivity index (χ2n) is 3.64. The zero-order valence-corrected chi connectivity index (χ0v) is 9.98.